The topological polar surface area (TPSA) is 60.8 Å². The molecule has 45 heavy (non-hydrogen) atoms. The molecule has 0 saturated carbocycles. The molecular weight excluding hydrogens is 642 g/mol. The van der Waals surface area contributed by atoms with Crippen LogP contribution in [0.25, 0.3) is 16.6 Å². The van der Waals surface area contributed by atoms with Gasteiger partial charge in [-0.2, -0.15) is 0 Å². The van der Waals surface area contributed by atoms with Gasteiger partial charge in [0, 0.05) is 53.0 Å². The number of aromatic nitrogens is 1. The lowest BCUT2D eigenvalue weighted by atomic mass is 10.1. The molecule has 0 bridgehead atoms. The highest BCUT2D eigenvalue weighted by Crippen LogP contribution is 2.27. The van der Waals surface area contributed by atoms with Crippen molar-refractivity contribution < 1.29 is 23.0 Å². The minimum atomic E-state index is -0.811. The molecule has 0 aliphatic carbocycles. The molecule has 4 aromatic rings. The summed E-state index contributed by atoms with van der Waals surface area (Å²) >= 11 is 3.47. The fourth-order valence-corrected chi connectivity index (χ4v) is 5.59. The van der Waals surface area contributed by atoms with Gasteiger partial charge in [0.25, 0.3) is 5.91 Å². The highest BCUT2D eigenvalue weighted by atomic mass is 79.9. The largest absolute Gasteiger partial charge is 0.494 e. The molecule has 6 nitrogen and oxygen atoms in total. The van der Waals surface area contributed by atoms with Crippen molar-refractivity contribution in [3.05, 3.63) is 94.3 Å². The second-order valence-electron chi connectivity index (χ2n) is 11.0. The van der Waals surface area contributed by atoms with Crippen LogP contribution >= 0.6 is 15.9 Å². The molecule has 0 spiro atoms. The maximum Gasteiger partial charge on any atom is 0.263 e. The van der Waals surface area contributed by atoms with Crippen LogP contribution in [-0.4, -0.2) is 35.6 Å². The zero-order valence-corrected chi connectivity index (χ0v) is 27.6. The smallest absolute Gasteiger partial charge is 0.263 e. The molecule has 0 radical (unpaired) electrons. The molecule has 240 valence electrons. The van der Waals surface area contributed by atoms with Gasteiger partial charge in [-0.1, -0.05) is 61.0 Å². The van der Waals surface area contributed by atoms with Crippen LogP contribution in [0.15, 0.2) is 71.7 Å². The van der Waals surface area contributed by atoms with Crippen molar-refractivity contribution >= 4 is 38.4 Å². The Morgan fingerprint density at radius 1 is 0.822 bits per heavy atom. The number of halogens is 3. The van der Waals surface area contributed by atoms with E-state index < -0.39 is 23.0 Å². The molecule has 1 amide bonds. The number of rotatable bonds is 17. The van der Waals surface area contributed by atoms with Gasteiger partial charge in [0.1, 0.15) is 28.7 Å². The van der Waals surface area contributed by atoms with Gasteiger partial charge in [0.2, 0.25) is 5.43 Å². The molecule has 1 heterocycles. The molecule has 1 aromatic heterocycles. The van der Waals surface area contributed by atoms with Gasteiger partial charge in [0.05, 0.1) is 18.7 Å². The van der Waals surface area contributed by atoms with Gasteiger partial charge in [-0.3, -0.25) is 9.59 Å². The van der Waals surface area contributed by atoms with Crippen LogP contribution in [0.4, 0.5) is 14.5 Å². The predicted molar refractivity (Wildman–Crippen MR) is 181 cm³/mol. The maximum absolute atomic E-state index is 14.1. The molecular formula is C36H41BrF2N2O4. The van der Waals surface area contributed by atoms with Crippen LogP contribution in [0.3, 0.4) is 0 Å². The number of hydrogen-bond donors (Lipinski definition) is 0. The summed E-state index contributed by atoms with van der Waals surface area (Å²) in [5.74, 6) is -0.997. The monoisotopic (exact) mass is 682 g/mol. The van der Waals surface area contributed by atoms with E-state index in [-0.39, 0.29) is 17.8 Å². The number of unbranched alkanes of at least 4 members (excludes halogenated alkanes) is 6. The summed E-state index contributed by atoms with van der Waals surface area (Å²) in [7, 11) is 0. The highest BCUT2D eigenvalue weighted by molar-refractivity contribution is 9.09. The van der Waals surface area contributed by atoms with Crippen molar-refractivity contribution in [3.8, 4) is 17.2 Å². The first kappa shape index (κ1) is 34.2. The number of fused-ring (bicyclic) bond motifs is 1. The summed E-state index contributed by atoms with van der Waals surface area (Å²) in [5, 5.41) is 1.36. The second kappa shape index (κ2) is 17.1. The van der Waals surface area contributed by atoms with Crippen LogP contribution in [0.2, 0.25) is 0 Å². The number of carbonyl (C=O) groups excluding carboxylic acids is 1. The molecule has 9 heteroatoms. The number of nitrogens with zero attached hydrogens (tertiary/aromatic N) is 2. The Balaban J connectivity index is 1.71. The summed E-state index contributed by atoms with van der Waals surface area (Å²) < 4.78 is 41.9. The van der Waals surface area contributed by atoms with Crippen LogP contribution in [0, 0.1) is 11.6 Å². The van der Waals surface area contributed by atoms with Crippen molar-refractivity contribution in [2.75, 3.05) is 30.0 Å². The van der Waals surface area contributed by atoms with E-state index in [9.17, 15) is 18.4 Å². The third kappa shape index (κ3) is 9.16. The summed E-state index contributed by atoms with van der Waals surface area (Å²) in [6.07, 6.45) is 10.2. The Morgan fingerprint density at radius 3 is 2.18 bits per heavy atom. The number of carbonyl (C=O) groups is 1. The van der Waals surface area contributed by atoms with Gasteiger partial charge >= 0.3 is 0 Å². The van der Waals surface area contributed by atoms with Crippen molar-refractivity contribution in [1.82, 2.24) is 4.57 Å². The van der Waals surface area contributed by atoms with Crippen molar-refractivity contribution in [3.63, 3.8) is 0 Å². The summed E-state index contributed by atoms with van der Waals surface area (Å²) in [5.41, 5.74) is 0.675. The molecule has 0 aliphatic heterocycles. The average molecular weight is 684 g/mol. The predicted octanol–water partition coefficient (Wildman–Crippen LogP) is 9.23. The number of amides is 1. The Labute approximate surface area is 272 Å². The lowest BCUT2D eigenvalue weighted by Gasteiger charge is -2.22. The minimum absolute atomic E-state index is 0.0317. The Kier molecular flexibility index (Phi) is 13.0. The third-order valence-electron chi connectivity index (χ3n) is 7.59. The Morgan fingerprint density at radius 2 is 1.49 bits per heavy atom. The lowest BCUT2D eigenvalue weighted by molar-refractivity contribution is 0.0987. The van der Waals surface area contributed by atoms with E-state index in [0.29, 0.717) is 41.3 Å². The summed E-state index contributed by atoms with van der Waals surface area (Å²) in [4.78, 5) is 28.9. The van der Waals surface area contributed by atoms with Gasteiger partial charge in [-0.15, -0.1) is 0 Å². The van der Waals surface area contributed by atoms with Crippen molar-refractivity contribution in [1.29, 1.82) is 0 Å². The second-order valence-corrected chi connectivity index (χ2v) is 11.7. The fourth-order valence-electron chi connectivity index (χ4n) is 5.20. The van der Waals surface area contributed by atoms with Gasteiger partial charge in [-0.05, 0) is 62.6 Å². The number of anilines is 1. The maximum atomic E-state index is 14.1. The van der Waals surface area contributed by atoms with E-state index >= 15 is 0 Å². The lowest BCUT2D eigenvalue weighted by Crippen LogP contribution is -2.35. The molecule has 0 unspecified atom stereocenters. The van der Waals surface area contributed by atoms with E-state index in [0.717, 1.165) is 55.6 Å². The van der Waals surface area contributed by atoms with Crippen LogP contribution in [0.1, 0.15) is 75.6 Å². The Hall–Kier alpha value is -3.72. The van der Waals surface area contributed by atoms with E-state index in [1.54, 1.807) is 23.6 Å². The van der Waals surface area contributed by atoms with E-state index in [2.05, 4.69) is 22.9 Å². The van der Waals surface area contributed by atoms with Crippen LogP contribution in [-0.2, 0) is 0 Å². The van der Waals surface area contributed by atoms with E-state index in [1.165, 1.54) is 30.4 Å². The number of ether oxygens (including phenoxy) is 2. The standard InChI is InChI=1S/C36H41BrF2N2O4/c1-3-5-18-44-30-14-12-13-28(23-30)41-25-33(36(43)40(4-2)29-21-26(38)20-27(39)22-29)35(42)32-16-15-31(24-34(32)41)45-19-11-9-7-6-8-10-17-37/h12-16,20-25H,3-11,17-19H2,1-2H3. The molecule has 0 aliphatic rings. The van der Waals surface area contributed by atoms with Gasteiger partial charge in [-0.25, -0.2) is 8.78 Å². The van der Waals surface area contributed by atoms with Gasteiger partial charge < -0.3 is 18.9 Å². The molecule has 4 rings (SSSR count). The number of hydrogen-bond acceptors (Lipinski definition) is 4. The summed E-state index contributed by atoms with van der Waals surface area (Å²) in [6, 6.07) is 15.6. The zero-order valence-electron chi connectivity index (χ0n) is 26.0. The average Bonchev–Trinajstić information content (AvgIpc) is 3.02. The van der Waals surface area contributed by atoms with Crippen LogP contribution in [0.5, 0.6) is 11.5 Å². The third-order valence-corrected chi connectivity index (χ3v) is 8.15. The number of alkyl halides is 1. The normalized spacial score (nSPS) is 11.1. The molecule has 0 saturated heterocycles. The molecule has 0 atom stereocenters. The minimum Gasteiger partial charge on any atom is -0.494 e. The number of pyridine rings is 1. The first-order valence-electron chi connectivity index (χ1n) is 15.8. The summed E-state index contributed by atoms with van der Waals surface area (Å²) in [6.45, 7) is 5.00. The van der Waals surface area contributed by atoms with E-state index in [1.807, 2.05) is 30.3 Å². The van der Waals surface area contributed by atoms with Crippen molar-refractivity contribution in [2.45, 2.75) is 65.2 Å². The van der Waals surface area contributed by atoms with Crippen LogP contribution < -0.4 is 19.8 Å². The first-order chi connectivity index (χ1) is 21.9. The quantitative estimate of drug-likeness (QED) is 0.0823. The first-order valence-corrected chi connectivity index (χ1v) is 16.9. The molecule has 0 N–H and O–H groups in total. The Bertz CT molecular complexity index is 1620. The number of benzene rings is 3. The SMILES string of the molecule is CCCCOc1cccc(-n2cc(C(=O)N(CC)c3cc(F)cc(F)c3)c(=O)c3ccc(OCCCCCCCCBr)cc32)c1. The fraction of sp³-hybridized carbons (Fsp3) is 0.389. The zero-order chi connectivity index (χ0) is 32.2. The van der Waals surface area contributed by atoms with Gasteiger partial charge in [0.15, 0.2) is 0 Å². The molecule has 0 fully saturated rings. The van der Waals surface area contributed by atoms with Crippen molar-refractivity contribution in [2.24, 2.45) is 0 Å². The highest BCUT2D eigenvalue weighted by Gasteiger charge is 2.23. The molecule has 3 aromatic carbocycles. The van der Waals surface area contributed by atoms with E-state index in [4.69, 9.17) is 9.47 Å².